The second kappa shape index (κ2) is 27.0. The first-order valence-corrected chi connectivity index (χ1v) is 22.5. The topological polar surface area (TPSA) is 399 Å². The first kappa shape index (κ1) is 53.6. The molecule has 0 unspecified atom stereocenters. The van der Waals surface area contributed by atoms with Crippen molar-refractivity contribution in [3.05, 3.63) is 149 Å². The van der Waals surface area contributed by atoms with E-state index in [1.54, 1.807) is 54.6 Å². The number of carbonyl (C=O) groups excluding carboxylic acids is 2. The van der Waals surface area contributed by atoms with Crippen molar-refractivity contribution in [1.29, 1.82) is 0 Å². The van der Waals surface area contributed by atoms with Crippen molar-refractivity contribution in [2.24, 2.45) is 20.5 Å². The Hall–Kier alpha value is -6.76. The average molecular weight is 987 g/mol. The number of nitrogens with zero attached hydrogens (tertiary/aromatic N) is 12. The number of azide groups is 4. The summed E-state index contributed by atoms with van der Waals surface area (Å²) in [6.45, 7) is 0.820. The lowest BCUT2D eigenvalue weighted by Crippen LogP contribution is -2.67. The van der Waals surface area contributed by atoms with Crippen molar-refractivity contribution in [2.75, 3.05) is 13.1 Å². The monoisotopic (exact) mass is 986 g/mol. The van der Waals surface area contributed by atoms with E-state index < -0.39 is 110 Å². The molecule has 378 valence electrons. The molecule has 0 bridgehead atoms. The number of alkyl carbamates (subject to hydrolysis) is 1. The van der Waals surface area contributed by atoms with Gasteiger partial charge in [-0.1, -0.05) is 111 Å². The summed E-state index contributed by atoms with van der Waals surface area (Å²) in [6.07, 6.45) is -20.2. The summed E-state index contributed by atoms with van der Waals surface area (Å²) in [5.74, 6) is -1.01. The molecular formula is C44H54N14O13. The number of nitrogens with one attached hydrogen (secondary N) is 2. The van der Waals surface area contributed by atoms with Crippen LogP contribution in [0.25, 0.3) is 41.8 Å². The van der Waals surface area contributed by atoms with E-state index in [0.717, 1.165) is 16.7 Å². The summed E-state index contributed by atoms with van der Waals surface area (Å²) in [5.41, 5.74) is 40.7. The van der Waals surface area contributed by atoms with E-state index in [0.29, 0.717) is 0 Å². The van der Waals surface area contributed by atoms with Crippen LogP contribution in [0.5, 0.6) is 0 Å². The highest BCUT2D eigenvalue weighted by Gasteiger charge is 2.54. The quantitative estimate of drug-likeness (QED) is 0.0463. The molecule has 3 fully saturated rings. The van der Waals surface area contributed by atoms with Gasteiger partial charge in [0, 0.05) is 26.2 Å². The van der Waals surface area contributed by atoms with Gasteiger partial charge in [-0.05, 0) is 58.6 Å². The Morgan fingerprint density at radius 2 is 1.25 bits per heavy atom. The van der Waals surface area contributed by atoms with Crippen molar-refractivity contribution in [1.82, 2.24) is 10.6 Å². The highest BCUT2D eigenvalue weighted by atomic mass is 16.7. The van der Waals surface area contributed by atoms with Crippen LogP contribution in [0.2, 0.25) is 0 Å². The number of hydrogen-bond acceptors (Lipinski definition) is 17. The number of aliphatic hydroxyl groups excluding tert-OH is 4. The number of hydrogen-bond donors (Lipinski definition) is 6. The van der Waals surface area contributed by atoms with Gasteiger partial charge in [0.2, 0.25) is 5.91 Å². The summed E-state index contributed by atoms with van der Waals surface area (Å²) in [7, 11) is 0. The molecular weight excluding hydrogens is 933 g/mol. The van der Waals surface area contributed by atoms with Gasteiger partial charge in [-0.15, -0.1) is 0 Å². The Bertz CT molecular complexity index is 2380. The van der Waals surface area contributed by atoms with E-state index in [1.165, 1.54) is 6.92 Å². The number of carbonyl (C=O) groups is 2. The molecule has 0 radical (unpaired) electrons. The number of rotatable bonds is 22. The molecule has 2 heterocycles. The Morgan fingerprint density at radius 3 is 1.85 bits per heavy atom. The van der Waals surface area contributed by atoms with Crippen LogP contribution in [0.1, 0.15) is 36.5 Å². The molecule has 1 aliphatic carbocycles. The molecule has 6 rings (SSSR count). The minimum absolute atomic E-state index is 0.0131. The molecule has 0 aromatic heterocycles. The van der Waals surface area contributed by atoms with Crippen LogP contribution < -0.4 is 10.6 Å². The van der Waals surface area contributed by atoms with Crippen molar-refractivity contribution in [3.8, 4) is 0 Å². The highest BCUT2D eigenvalue weighted by molar-refractivity contribution is 5.81. The number of aliphatic hydroxyl groups is 4. The van der Waals surface area contributed by atoms with E-state index in [2.05, 4.69) is 50.7 Å². The fourth-order valence-corrected chi connectivity index (χ4v) is 8.35. The maximum atomic E-state index is 13.5. The summed E-state index contributed by atoms with van der Waals surface area (Å²) < 4.78 is 43.1. The van der Waals surface area contributed by atoms with Crippen LogP contribution in [0.3, 0.4) is 0 Å². The first-order valence-electron chi connectivity index (χ1n) is 22.5. The fourth-order valence-electron chi connectivity index (χ4n) is 8.35. The SMILES string of the molecule is C[C@H]1O[C@@H](O[C@@H]2[C@@H](O)[C@H](NC(=O)[C@@H](O)CCNC(=O)OCc3ccccc3)C[C@H](N=[N+]=[N-])[C@H]2O[C@H]2O[C@H](CN=[N+]=[N-])[C@@H](OCc3ccccc3)[C@H](OCc3ccccc3)[C@H]2N=[N+]=[N-])[C@H](O)[C@@H](O)[C@@H]1N=[N+]=[N-]. The minimum Gasteiger partial charge on any atom is -0.445 e. The van der Waals surface area contributed by atoms with Crippen molar-refractivity contribution >= 4 is 12.0 Å². The maximum absolute atomic E-state index is 13.5. The lowest BCUT2D eigenvalue weighted by atomic mass is 9.83. The maximum Gasteiger partial charge on any atom is 0.407 e. The van der Waals surface area contributed by atoms with Gasteiger partial charge in [-0.25, -0.2) is 4.79 Å². The van der Waals surface area contributed by atoms with Crippen molar-refractivity contribution in [3.63, 3.8) is 0 Å². The van der Waals surface area contributed by atoms with Gasteiger partial charge in [0.1, 0.15) is 49.3 Å². The Kier molecular flexibility index (Phi) is 20.4. The second-order valence-electron chi connectivity index (χ2n) is 16.7. The molecule has 27 nitrogen and oxygen atoms in total. The van der Waals surface area contributed by atoms with Crippen LogP contribution >= 0.6 is 0 Å². The molecule has 2 saturated heterocycles. The molecule has 0 spiro atoms. The highest BCUT2D eigenvalue weighted by Crippen LogP contribution is 2.37. The third-order valence-corrected chi connectivity index (χ3v) is 11.9. The summed E-state index contributed by atoms with van der Waals surface area (Å²) in [6, 6.07) is 21.4. The van der Waals surface area contributed by atoms with E-state index >= 15 is 0 Å². The number of ether oxygens (including phenoxy) is 7. The van der Waals surface area contributed by atoms with Gasteiger partial charge in [0.15, 0.2) is 12.6 Å². The fraction of sp³-hybridized carbons (Fsp3) is 0.545. The van der Waals surface area contributed by atoms with E-state index in [-0.39, 0.29) is 45.8 Å². The molecule has 3 aromatic carbocycles. The minimum atomic E-state index is -1.93. The Morgan fingerprint density at radius 1 is 0.690 bits per heavy atom. The summed E-state index contributed by atoms with van der Waals surface area (Å²) >= 11 is 0. The van der Waals surface area contributed by atoms with E-state index in [9.17, 15) is 46.6 Å². The van der Waals surface area contributed by atoms with Crippen LogP contribution in [0.4, 0.5) is 4.79 Å². The Labute approximate surface area is 405 Å². The predicted molar refractivity (Wildman–Crippen MR) is 245 cm³/mol. The third kappa shape index (κ3) is 14.6. The summed E-state index contributed by atoms with van der Waals surface area (Å²) in [5, 5.41) is 65.4. The lowest BCUT2D eigenvalue weighted by molar-refractivity contribution is -0.332. The molecule has 3 aromatic rings. The molecule has 6 N–H and O–H groups in total. The van der Waals surface area contributed by atoms with Crippen LogP contribution in [0.15, 0.2) is 111 Å². The number of benzene rings is 3. The summed E-state index contributed by atoms with van der Waals surface area (Å²) in [4.78, 5) is 37.4. The Balaban J connectivity index is 1.29. The third-order valence-electron chi connectivity index (χ3n) is 11.9. The van der Waals surface area contributed by atoms with Crippen LogP contribution in [-0.2, 0) is 57.8 Å². The lowest BCUT2D eigenvalue weighted by Gasteiger charge is -2.50. The molecule has 71 heavy (non-hydrogen) atoms. The molecule has 27 heteroatoms. The zero-order chi connectivity index (χ0) is 50.7. The predicted octanol–water partition coefficient (Wildman–Crippen LogP) is 4.39. The zero-order valence-electron chi connectivity index (χ0n) is 38.2. The molecule has 1 saturated carbocycles. The molecule has 2 amide bonds. The average Bonchev–Trinajstić information content (AvgIpc) is 3.38. The van der Waals surface area contributed by atoms with Gasteiger partial charge in [-0.3, -0.25) is 4.79 Å². The van der Waals surface area contributed by atoms with Crippen molar-refractivity contribution < 1.29 is 63.2 Å². The van der Waals surface area contributed by atoms with Gasteiger partial charge in [-0.2, -0.15) is 0 Å². The number of amides is 2. The van der Waals surface area contributed by atoms with Gasteiger partial charge >= 0.3 is 6.09 Å². The van der Waals surface area contributed by atoms with E-state index in [1.807, 2.05) is 36.4 Å². The van der Waals surface area contributed by atoms with Gasteiger partial charge in [0.05, 0.1) is 62.3 Å². The van der Waals surface area contributed by atoms with Gasteiger partial charge in [0.25, 0.3) is 0 Å². The molecule has 16 atom stereocenters. The standard InChI is InChI=1S/C44H54N14O13/c1-24-32(53-57-47)35(61)36(62)43(68-24)71-40-34(60)28(51-41(63)30(59)17-18-49-44(64)67-23-27-15-9-4-10-16-27)19-29(52-56-46)37(40)70-42-33(54-58-48)39(66-22-26-13-7-3-8-14-26)38(31(69-42)20-50-55-45)65-21-25-11-5-2-6-12-25/h2-16,24,28-40,42-43,59-62H,17-23H2,1H3,(H,49,64)(H,51,63)/t24-,28-,29+,30+,31-,32-,33-,34+,35+,36-,37-,38-,39-,40-,42-,43+/m1/s1. The largest absolute Gasteiger partial charge is 0.445 e. The van der Waals surface area contributed by atoms with Crippen LogP contribution in [0, 0.1) is 0 Å². The van der Waals surface area contributed by atoms with Crippen molar-refractivity contribution in [2.45, 2.75) is 137 Å². The molecule has 2 aliphatic heterocycles. The normalized spacial score (nSPS) is 30.6. The smallest absolute Gasteiger partial charge is 0.407 e. The second-order valence-corrected chi connectivity index (χ2v) is 16.7. The van der Waals surface area contributed by atoms with Gasteiger partial charge < -0.3 is 64.2 Å². The zero-order valence-corrected chi connectivity index (χ0v) is 38.2. The molecule has 3 aliphatic rings. The van der Waals surface area contributed by atoms with Crippen LogP contribution in [-0.4, -0.2) is 143 Å². The first-order chi connectivity index (χ1) is 34.5. The van der Waals surface area contributed by atoms with E-state index in [4.69, 9.17) is 38.7 Å².